The van der Waals surface area contributed by atoms with Gasteiger partial charge in [-0.1, -0.05) is 11.6 Å². The second kappa shape index (κ2) is 7.70. The van der Waals surface area contributed by atoms with Crippen molar-refractivity contribution < 1.29 is 4.79 Å². The normalized spacial score (nSPS) is 23.2. The molecule has 1 amide bonds. The molecular weight excluding hydrogens is 324 g/mol. The standard InChI is InChI=1S/C18H27ClN4O/c1-14(2)23-13-15(5-6-17(23)24)12-21-8-10-22(11-9-21)18-16(19)4-3-7-20-18/h3-4,7,14-15H,5-6,8-13H2,1-2H3. The fourth-order valence-electron chi connectivity index (χ4n) is 3.71. The van der Waals surface area contributed by atoms with Gasteiger partial charge in [0.05, 0.1) is 5.02 Å². The summed E-state index contributed by atoms with van der Waals surface area (Å²) in [7, 11) is 0. The number of hydrogen-bond acceptors (Lipinski definition) is 4. The zero-order chi connectivity index (χ0) is 17.1. The topological polar surface area (TPSA) is 39.7 Å². The van der Waals surface area contributed by atoms with E-state index >= 15 is 0 Å². The van der Waals surface area contributed by atoms with Crippen molar-refractivity contribution in [2.24, 2.45) is 5.92 Å². The first-order valence-electron chi connectivity index (χ1n) is 8.92. The van der Waals surface area contributed by atoms with Crippen molar-refractivity contribution in [1.82, 2.24) is 14.8 Å². The lowest BCUT2D eigenvalue weighted by atomic mass is 9.95. The smallest absolute Gasteiger partial charge is 0.222 e. The summed E-state index contributed by atoms with van der Waals surface area (Å²) in [6.45, 7) is 10.2. The minimum atomic E-state index is 0.309. The number of amides is 1. The maximum absolute atomic E-state index is 12.0. The highest BCUT2D eigenvalue weighted by atomic mass is 35.5. The molecule has 2 fully saturated rings. The van der Waals surface area contributed by atoms with Gasteiger partial charge >= 0.3 is 0 Å². The van der Waals surface area contributed by atoms with Gasteiger partial charge in [0.1, 0.15) is 5.82 Å². The van der Waals surface area contributed by atoms with Gasteiger partial charge < -0.3 is 9.80 Å². The Morgan fingerprint density at radius 3 is 2.71 bits per heavy atom. The van der Waals surface area contributed by atoms with Gasteiger partial charge in [0.25, 0.3) is 0 Å². The molecule has 0 spiro atoms. The van der Waals surface area contributed by atoms with Crippen molar-refractivity contribution in [3.05, 3.63) is 23.4 Å². The van der Waals surface area contributed by atoms with E-state index in [9.17, 15) is 4.79 Å². The van der Waals surface area contributed by atoms with E-state index in [1.807, 2.05) is 17.0 Å². The van der Waals surface area contributed by atoms with Gasteiger partial charge in [0.2, 0.25) is 5.91 Å². The number of aromatic nitrogens is 1. The highest BCUT2D eigenvalue weighted by Gasteiger charge is 2.29. The van der Waals surface area contributed by atoms with E-state index in [1.54, 1.807) is 6.20 Å². The van der Waals surface area contributed by atoms with Crippen LogP contribution in [0.5, 0.6) is 0 Å². The molecule has 0 bridgehead atoms. The van der Waals surface area contributed by atoms with Gasteiger partial charge in [-0.2, -0.15) is 0 Å². The first kappa shape index (κ1) is 17.5. The van der Waals surface area contributed by atoms with Gasteiger partial charge in [-0.15, -0.1) is 0 Å². The summed E-state index contributed by atoms with van der Waals surface area (Å²) in [4.78, 5) is 23.2. The SMILES string of the molecule is CC(C)N1CC(CN2CCN(c3ncccc3Cl)CC2)CCC1=O. The number of piperazine rings is 1. The number of nitrogens with zero attached hydrogens (tertiary/aromatic N) is 4. The number of halogens is 1. The summed E-state index contributed by atoms with van der Waals surface area (Å²) in [6.07, 6.45) is 3.52. The van der Waals surface area contributed by atoms with Crippen LogP contribution in [0.1, 0.15) is 26.7 Å². The van der Waals surface area contributed by atoms with Crippen LogP contribution in [-0.2, 0) is 4.79 Å². The fourth-order valence-corrected chi connectivity index (χ4v) is 3.95. The lowest BCUT2D eigenvalue weighted by Crippen LogP contribution is -2.51. The summed E-state index contributed by atoms with van der Waals surface area (Å²) < 4.78 is 0. The van der Waals surface area contributed by atoms with E-state index in [-0.39, 0.29) is 0 Å². The Bertz CT molecular complexity index is 572. The minimum Gasteiger partial charge on any atom is -0.353 e. The average Bonchev–Trinajstić information content (AvgIpc) is 2.58. The van der Waals surface area contributed by atoms with Crippen LogP contribution in [0.15, 0.2) is 18.3 Å². The van der Waals surface area contributed by atoms with E-state index in [0.717, 1.165) is 56.5 Å². The van der Waals surface area contributed by atoms with E-state index in [0.29, 0.717) is 24.3 Å². The van der Waals surface area contributed by atoms with Crippen molar-refractivity contribution in [3.63, 3.8) is 0 Å². The number of rotatable bonds is 4. The Balaban J connectivity index is 1.51. The van der Waals surface area contributed by atoms with E-state index < -0.39 is 0 Å². The Morgan fingerprint density at radius 1 is 1.29 bits per heavy atom. The second-order valence-corrected chi connectivity index (χ2v) is 7.55. The summed E-state index contributed by atoms with van der Waals surface area (Å²) in [5.41, 5.74) is 0. The monoisotopic (exact) mass is 350 g/mol. The first-order chi connectivity index (χ1) is 11.5. The third-order valence-corrected chi connectivity index (χ3v) is 5.39. The molecule has 2 aliphatic heterocycles. The molecule has 1 unspecified atom stereocenters. The molecular formula is C18H27ClN4O. The van der Waals surface area contributed by atoms with Crippen LogP contribution >= 0.6 is 11.6 Å². The zero-order valence-corrected chi connectivity index (χ0v) is 15.4. The van der Waals surface area contributed by atoms with Crippen LogP contribution in [0.2, 0.25) is 5.02 Å². The molecule has 0 aliphatic carbocycles. The van der Waals surface area contributed by atoms with Gasteiger partial charge in [-0.25, -0.2) is 4.98 Å². The fraction of sp³-hybridized carbons (Fsp3) is 0.667. The average molecular weight is 351 g/mol. The summed E-state index contributed by atoms with van der Waals surface area (Å²) in [6, 6.07) is 4.08. The Labute approximate surface area is 149 Å². The van der Waals surface area contributed by atoms with Crippen molar-refractivity contribution >= 4 is 23.3 Å². The molecule has 0 N–H and O–H groups in total. The predicted molar refractivity (Wildman–Crippen MR) is 97.5 cm³/mol. The van der Waals surface area contributed by atoms with Crippen molar-refractivity contribution in [1.29, 1.82) is 0 Å². The van der Waals surface area contributed by atoms with E-state index in [4.69, 9.17) is 11.6 Å². The lowest BCUT2D eigenvalue weighted by molar-refractivity contribution is -0.136. The van der Waals surface area contributed by atoms with Crippen LogP contribution in [0, 0.1) is 5.92 Å². The van der Waals surface area contributed by atoms with Gasteiger partial charge in [-0.05, 0) is 38.3 Å². The van der Waals surface area contributed by atoms with Crippen molar-refractivity contribution in [2.75, 3.05) is 44.2 Å². The molecule has 24 heavy (non-hydrogen) atoms. The molecule has 1 atom stereocenters. The number of piperidine rings is 1. The summed E-state index contributed by atoms with van der Waals surface area (Å²) in [5, 5.41) is 0.726. The summed E-state index contributed by atoms with van der Waals surface area (Å²) in [5.74, 6) is 1.80. The number of pyridine rings is 1. The molecule has 6 heteroatoms. The molecule has 2 saturated heterocycles. The van der Waals surface area contributed by atoms with Crippen LogP contribution in [0.4, 0.5) is 5.82 Å². The second-order valence-electron chi connectivity index (χ2n) is 7.14. The third-order valence-electron chi connectivity index (χ3n) is 5.09. The predicted octanol–water partition coefficient (Wildman–Crippen LogP) is 2.50. The van der Waals surface area contributed by atoms with Crippen molar-refractivity contribution in [3.8, 4) is 0 Å². The van der Waals surface area contributed by atoms with Gasteiger partial charge in [0, 0.05) is 57.9 Å². The third kappa shape index (κ3) is 4.01. The van der Waals surface area contributed by atoms with Crippen molar-refractivity contribution in [2.45, 2.75) is 32.7 Å². The molecule has 0 saturated carbocycles. The number of likely N-dealkylation sites (tertiary alicyclic amines) is 1. The first-order valence-corrected chi connectivity index (χ1v) is 9.29. The van der Waals surface area contributed by atoms with E-state index in [2.05, 4.69) is 28.6 Å². The minimum absolute atomic E-state index is 0.309. The molecule has 2 aliphatic rings. The quantitative estimate of drug-likeness (QED) is 0.836. The molecule has 132 valence electrons. The number of carbonyl (C=O) groups excluding carboxylic acids is 1. The Kier molecular flexibility index (Phi) is 5.61. The van der Waals surface area contributed by atoms with Crippen LogP contribution in [-0.4, -0.2) is 66.0 Å². The summed E-state index contributed by atoms with van der Waals surface area (Å²) >= 11 is 6.25. The molecule has 3 heterocycles. The Morgan fingerprint density at radius 2 is 2.04 bits per heavy atom. The van der Waals surface area contributed by atoms with Crippen LogP contribution in [0.3, 0.4) is 0 Å². The highest BCUT2D eigenvalue weighted by Crippen LogP contribution is 2.25. The maximum Gasteiger partial charge on any atom is 0.222 e. The van der Waals surface area contributed by atoms with Crippen LogP contribution in [0.25, 0.3) is 0 Å². The molecule has 1 aromatic heterocycles. The largest absolute Gasteiger partial charge is 0.353 e. The number of carbonyl (C=O) groups is 1. The van der Waals surface area contributed by atoms with E-state index in [1.165, 1.54) is 0 Å². The number of anilines is 1. The zero-order valence-electron chi connectivity index (χ0n) is 14.6. The van der Waals surface area contributed by atoms with Crippen LogP contribution < -0.4 is 4.90 Å². The lowest BCUT2D eigenvalue weighted by Gasteiger charge is -2.40. The highest BCUT2D eigenvalue weighted by molar-refractivity contribution is 6.32. The van der Waals surface area contributed by atoms with Gasteiger partial charge in [-0.3, -0.25) is 9.69 Å². The Hall–Kier alpha value is -1.33. The molecule has 1 aromatic rings. The molecule has 0 radical (unpaired) electrons. The maximum atomic E-state index is 12.0. The molecule has 3 rings (SSSR count). The van der Waals surface area contributed by atoms with Gasteiger partial charge in [0.15, 0.2) is 0 Å². The molecule has 5 nitrogen and oxygen atoms in total. The number of hydrogen-bond donors (Lipinski definition) is 0. The molecule has 0 aromatic carbocycles.